The molecular formula is C25H28FN7O3. The van der Waals surface area contributed by atoms with E-state index < -0.39 is 6.04 Å². The Bertz CT molecular complexity index is 1300. The number of aliphatic imine (C=N–C) groups is 1. The highest BCUT2D eigenvalue weighted by atomic mass is 19.1. The Labute approximate surface area is 207 Å². The van der Waals surface area contributed by atoms with Crippen LogP contribution in [0.1, 0.15) is 35.0 Å². The summed E-state index contributed by atoms with van der Waals surface area (Å²) in [5, 5.41) is 13.0. The summed E-state index contributed by atoms with van der Waals surface area (Å²) in [5.41, 5.74) is 13.0. The minimum Gasteiger partial charge on any atom is -0.481 e. The number of anilines is 1. The van der Waals surface area contributed by atoms with Crippen molar-refractivity contribution in [3.63, 3.8) is 0 Å². The molecule has 0 bridgehead atoms. The molecule has 0 saturated carbocycles. The smallest absolute Gasteiger partial charge is 0.220 e. The Balaban J connectivity index is 1.51. The molecule has 1 unspecified atom stereocenters. The Kier molecular flexibility index (Phi) is 6.77. The van der Waals surface area contributed by atoms with E-state index in [9.17, 15) is 9.50 Å². The van der Waals surface area contributed by atoms with Crippen LogP contribution in [-0.2, 0) is 11.3 Å². The highest BCUT2D eigenvalue weighted by Gasteiger charge is 2.29. The lowest BCUT2D eigenvalue weighted by Gasteiger charge is -2.26. The number of amidine groups is 1. The van der Waals surface area contributed by atoms with E-state index in [1.807, 2.05) is 6.92 Å². The molecule has 2 aliphatic heterocycles. The number of aryl methyl sites for hydroxylation is 1. The number of fused-ring (bicyclic) bond motifs is 1. The number of methoxy groups -OCH3 is 1. The SMILES string of the molecule is COc1cccc(-c2cc(F)ccc2C2Cc3nc(N)nc(C)c3C(NOC[C@@H]3C[C@@H](O)CN3)=N2)n1. The monoisotopic (exact) mass is 493 g/mol. The highest BCUT2D eigenvalue weighted by molar-refractivity contribution is 6.01. The van der Waals surface area contributed by atoms with Gasteiger partial charge >= 0.3 is 0 Å². The van der Waals surface area contributed by atoms with Crippen LogP contribution in [-0.4, -0.2) is 58.3 Å². The number of aliphatic hydroxyl groups excluding tert-OH is 1. The summed E-state index contributed by atoms with van der Waals surface area (Å²) in [6, 6.07) is 9.53. The minimum atomic E-state index is -0.410. The summed E-state index contributed by atoms with van der Waals surface area (Å²) in [7, 11) is 1.53. The first-order chi connectivity index (χ1) is 17.4. The second-order valence-electron chi connectivity index (χ2n) is 8.89. The Morgan fingerprint density at radius 3 is 2.86 bits per heavy atom. The van der Waals surface area contributed by atoms with E-state index in [-0.39, 0.29) is 23.9 Å². The van der Waals surface area contributed by atoms with Crippen LogP contribution in [0.25, 0.3) is 11.3 Å². The van der Waals surface area contributed by atoms with Gasteiger partial charge in [0.2, 0.25) is 11.8 Å². The van der Waals surface area contributed by atoms with Crippen molar-refractivity contribution in [3.8, 4) is 17.1 Å². The molecule has 0 radical (unpaired) electrons. The molecule has 1 saturated heterocycles. The summed E-state index contributed by atoms with van der Waals surface area (Å²) >= 11 is 0. The standard InChI is InChI=1S/C25H28FN7O3/c1-13-23-21(32-25(27)29-13)10-20(31-24(23)33-36-12-15-9-16(34)11-28-15)17-7-6-14(26)8-18(17)19-4-3-5-22(30-19)35-2/h3-8,15-16,20,28,34H,9-12H2,1-2H3,(H,31,33)(H2,27,29,32)/t15-,16+,20?/m0/s1. The van der Waals surface area contributed by atoms with Gasteiger partial charge in [0, 0.05) is 30.6 Å². The molecule has 5 rings (SSSR count). The van der Waals surface area contributed by atoms with Crippen LogP contribution >= 0.6 is 0 Å². The van der Waals surface area contributed by atoms with Crippen molar-refractivity contribution < 1.29 is 19.1 Å². The molecule has 5 N–H and O–H groups in total. The van der Waals surface area contributed by atoms with E-state index in [4.69, 9.17) is 20.3 Å². The number of pyridine rings is 1. The fourth-order valence-electron chi connectivity index (χ4n) is 4.67. The molecule has 1 aromatic carbocycles. The topological polar surface area (TPSA) is 140 Å². The molecule has 10 nitrogen and oxygen atoms in total. The third kappa shape index (κ3) is 4.99. The molecule has 11 heteroatoms. The van der Waals surface area contributed by atoms with Crippen molar-refractivity contribution in [2.24, 2.45) is 4.99 Å². The molecule has 0 aliphatic carbocycles. The summed E-state index contributed by atoms with van der Waals surface area (Å²) in [6.07, 6.45) is 0.669. The number of ether oxygens (including phenoxy) is 1. The summed E-state index contributed by atoms with van der Waals surface area (Å²) in [6.45, 7) is 2.71. The number of rotatable bonds is 6. The summed E-state index contributed by atoms with van der Waals surface area (Å²) in [4.78, 5) is 24.0. The Morgan fingerprint density at radius 2 is 2.08 bits per heavy atom. The van der Waals surface area contributed by atoms with Crippen LogP contribution in [0.2, 0.25) is 0 Å². The fraction of sp³-hybridized carbons (Fsp3) is 0.360. The number of nitrogens with two attached hydrogens (primary N) is 1. The third-order valence-corrected chi connectivity index (χ3v) is 6.33. The number of benzene rings is 1. The van der Waals surface area contributed by atoms with Gasteiger partial charge < -0.3 is 20.9 Å². The highest BCUT2D eigenvalue weighted by Crippen LogP contribution is 2.36. The number of hydroxylamine groups is 1. The van der Waals surface area contributed by atoms with Gasteiger partial charge in [-0.1, -0.05) is 12.1 Å². The Hall–Kier alpha value is -3.67. The maximum Gasteiger partial charge on any atom is 0.220 e. The van der Waals surface area contributed by atoms with Crippen LogP contribution < -0.4 is 21.3 Å². The number of aromatic nitrogens is 3. The van der Waals surface area contributed by atoms with Gasteiger partial charge in [-0.25, -0.2) is 24.8 Å². The summed E-state index contributed by atoms with van der Waals surface area (Å²) in [5.74, 6) is 0.683. The normalized spacial score (nSPS) is 21.1. The van der Waals surface area contributed by atoms with Crippen molar-refractivity contribution in [1.82, 2.24) is 25.7 Å². The first-order valence-corrected chi connectivity index (χ1v) is 11.7. The predicted molar refractivity (Wildman–Crippen MR) is 132 cm³/mol. The number of aliphatic hydroxyl groups is 1. The van der Waals surface area contributed by atoms with Crippen molar-refractivity contribution in [1.29, 1.82) is 0 Å². The van der Waals surface area contributed by atoms with Crippen LogP contribution in [0.15, 0.2) is 41.4 Å². The first-order valence-electron chi connectivity index (χ1n) is 11.7. The molecule has 2 aromatic heterocycles. The number of hydrogen-bond acceptors (Lipinski definition) is 10. The van der Waals surface area contributed by atoms with E-state index >= 15 is 0 Å². The average molecular weight is 494 g/mol. The van der Waals surface area contributed by atoms with Crippen molar-refractivity contribution in [2.45, 2.75) is 38.0 Å². The molecule has 3 atom stereocenters. The van der Waals surface area contributed by atoms with Crippen LogP contribution in [0, 0.1) is 12.7 Å². The van der Waals surface area contributed by atoms with Gasteiger partial charge in [-0.2, -0.15) is 0 Å². The predicted octanol–water partition coefficient (Wildman–Crippen LogP) is 1.86. The molecular weight excluding hydrogens is 465 g/mol. The van der Waals surface area contributed by atoms with E-state index in [0.717, 1.165) is 16.8 Å². The van der Waals surface area contributed by atoms with Gasteiger partial charge in [0.1, 0.15) is 5.82 Å². The number of nitrogens with zero attached hydrogens (tertiary/aromatic N) is 4. The van der Waals surface area contributed by atoms with E-state index in [2.05, 4.69) is 25.7 Å². The van der Waals surface area contributed by atoms with E-state index in [1.165, 1.54) is 19.2 Å². The summed E-state index contributed by atoms with van der Waals surface area (Å²) < 4.78 is 19.6. The van der Waals surface area contributed by atoms with Gasteiger partial charge in [-0.05, 0) is 37.1 Å². The van der Waals surface area contributed by atoms with Crippen LogP contribution in [0.4, 0.5) is 10.3 Å². The second-order valence-corrected chi connectivity index (χ2v) is 8.89. The number of β-amino-alcohol motifs (C(OH)–C–C–N with tert-alkyl or cyclic N) is 1. The minimum absolute atomic E-state index is 0.0264. The van der Waals surface area contributed by atoms with Crippen LogP contribution in [0.5, 0.6) is 5.88 Å². The largest absolute Gasteiger partial charge is 0.481 e. The zero-order chi connectivity index (χ0) is 25.2. The number of nitrogens with one attached hydrogen (secondary N) is 2. The van der Waals surface area contributed by atoms with Crippen molar-refractivity contribution >= 4 is 11.8 Å². The van der Waals surface area contributed by atoms with E-state index in [0.29, 0.717) is 54.7 Å². The van der Waals surface area contributed by atoms with Crippen molar-refractivity contribution in [3.05, 3.63) is 64.7 Å². The van der Waals surface area contributed by atoms with Crippen molar-refractivity contribution in [2.75, 3.05) is 26.0 Å². The van der Waals surface area contributed by atoms with Gasteiger partial charge in [-0.3, -0.25) is 9.83 Å². The maximum atomic E-state index is 14.4. The molecule has 0 amide bonds. The third-order valence-electron chi connectivity index (χ3n) is 6.33. The molecule has 3 aromatic rings. The number of halogens is 1. The van der Waals surface area contributed by atoms with Gasteiger partial charge in [0.15, 0.2) is 5.84 Å². The molecule has 188 valence electrons. The number of nitrogen functional groups attached to an aromatic ring is 1. The first kappa shape index (κ1) is 24.0. The zero-order valence-electron chi connectivity index (χ0n) is 20.0. The van der Waals surface area contributed by atoms with Crippen LogP contribution in [0.3, 0.4) is 0 Å². The van der Waals surface area contributed by atoms with Gasteiger partial charge in [-0.15, -0.1) is 0 Å². The lowest BCUT2D eigenvalue weighted by Crippen LogP contribution is -2.36. The second kappa shape index (κ2) is 10.1. The maximum absolute atomic E-state index is 14.4. The molecule has 1 fully saturated rings. The lowest BCUT2D eigenvalue weighted by atomic mass is 9.91. The molecule has 36 heavy (non-hydrogen) atoms. The Morgan fingerprint density at radius 1 is 1.22 bits per heavy atom. The zero-order valence-corrected chi connectivity index (χ0v) is 20.0. The molecule has 0 spiro atoms. The van der Waals surface area contributed by atoms with Gasteiger partial charge in [0.05, 0.1) is 48.5 Å². The van der Waals surface area contributed by atoms with E-state index in [1.54, 1.807) is 24.3 Å². The lowest BCUT2D eigenvalue weighted by molar-refractivity contribution is 0.0668. The quantitative estimate of drug-likeness (QED) is 0.379. The molecule has 2 aliphatic rings. The molecule has 4 heterocycles. The van der Waals surface area contributed by atoms with Gasteiger partial charge in [0.25, 0.3) is 0 Å². The number of hydrogen-bond donors (Lipinski definition) is 4. The average Bonchev–Trinajstić information content (AvgIpc) is 3.28. The fourth-order valence-corrected chi connectivity index (χ4v) is 4.67.